The Morgan fingerprint density at radius 3 is 3.05 bits per heavy atom. The zero-order chi connectivity index (χ0) is 14.8. The molecule has 0 bridgehead atoms. The minimum absolute atomic E-state index is 0.277. The average Bonchev–Trinajstić information content (AvgIpc) is 3.02. The molecule has 3 heterocycles. The van der Waals surface area contributed by atoms with Gasteiger partial charge in [0.1, 0.15) is 5.69 Å². The normalized spacial score (nSPS) is 10.9. The van der Waals surface area contributed by atoms with Crippen molar-refractivity contribution in [3.8, 4) is 0 Å². The van der Waals surface area contributed by atoms with E-state index in [9.17, 15) is 14.4 Å². The summed E-state index contributed by atoms with van der Waals surface area (Å²) in [5.41, 5.74) is -0.265. The number of nitrogens with one attached hydrogen (secondary N) is 3. The van der Waals surface area contributed by atoms with Gasteiger partial charge in [-0.15, -0.1) is 11.3 Å². The van der Waals surface area contributed by atoms with Crippen LogP contribution < -0.4 is 16.6 Å². The van der Waals surface area contributed by atoms with Crippen molar-refractivity contribution in [2.75, 3.05) is 6.54 Å². The van der Waals surface area contributed by atoms with Gasteiger partial charge in [-0.05, 0) is 6.42 Å². The van der Waals surface area contributed by atoms with Gasteiger partial charge >= 0.3 is 5.69 Å². The van der Waals surface area contributed by atoms with Gasteiger partial charge in [-0.1, -0.05) is 0 Å². The van der Waals surface area contributed by atoms with E-state index in [-0.39, 0.29) is 12.5 Å². The fourth-order valence-corrected chi connectivity index (χ4v) is 2.56. The zero-order valence-electron chi connectivity index (χ0n) is 10.8. The monoisotopic (exact) mass is 305 g/mol. The van der Waals surface area contributed by atoms with E-state index < -0.39 is 11.2 Å². The van der Waals surface area contributed by atoms with Crippen molar-refractivity contribution in [1.82, 2.24) is 24.7 Å². The molecule has 3 aromatic heterocycles. The molecule has 0 radical (unpaired) electrons. The Labute approximate surface area is 121 Å². The van der Waals surface area contributed by atoms with E-state index in [1.54, 1.807) is 10.6 Å². The summed E-state index contributed by atoms with van der Waals surface area (Å²) >= 11 is 1.44. The van der Waals surface area contributed by atoms with E-state index in [0.29, 0.717) is 17.7 Å². The Hall–Kier alpha value is -2.68. The lowest BCUT2D eigenvalue weighted by atomic mass is 10.2. The van der Waals surface area contributed by atoms with Crippen molar-refractivity contribution in [2.45, 2.75) is 6.42 Å². The summed E-state index contributed by atoms with van der Waals surface area (Å²) in [7, 11) is 0. The third-order valence-electron chi connectivity index (χ3n) is 2.90. The summed E-state index contributed by atoms with van der Waals surface area (Å²) in [6.45, 7) is 0.277. The molecule has 8 nitrogen and oxygen atoms in total. The second-order valence-corrected chi connectivity index (χ2v) is 5.20. The Morgan fingerprint density at radius 2 is 2.29 bits per heavy atom. The molecule has 0 spiro atoms. The third-order valence-corrected chi connectivity index (χ3v) is 3.67. The second kappa shape index (κ2) is 5.37. The molecule has 3 aromatic rings. The highest BCUT2D eigenvalue weighted by atomic mass is 32.1. The number of imidazole rings is 1. The van der Waals surface area contributed by atoms with Gasteiger partial charge in [0, 0.05) is 36.1 Å². The molecule has 21 heavy (non-hydrogen) atoms. The lowest BCUT2D eigenvalue weighted by molar-refractivity contribution is 0.0949. The molecule has 0 aliphatic carbocycles. The van der Waals surface area contributed by atoms with Crippen LogP contribution in [0.15, 0.2) is 33.6 Å². The first kappa shape index (κ1) is 13.3. The predicted octanol–water partition coefficient (Wildman–Crippen LogP) is -0.255. The van der Waals surface area contributed by atoms with Crippen LogP contribution in [-0.2, 0) is 6.42 Å². The molecule has 0 saturated heterocycles. The van der Waals surface area contributed by atoms with Gasteiger partial charge in [0.05, 0.1) is 0 Å². The van der Waals surface area contributed by atoms with Crippen LogP contribution in [0.2, 0.25) is 0 Å². The van der Waals surface area contributed by atoms with Crippen molar-refractivity contribution < 1.29 is 4.79 Å². The number of carbonyl (C=O) groups excluding carboxylic acids is 1. The molecule has 108 valence electrons. The summed E-state index contributed by atoms with van der Waals surface area (Å²) in [4.78, 5) is 43.7. The van der Waals surface area contributed by atoms with Crippen LogP contribution >= 0.6 is 11.3 Å². The van der Waals surface area contributed by atoms with Gasteiger partial charge in [-0.25, -0.2) is 9.78 Å². The van der Waals surface area contributed by atoms with Crippen molar-refractivity contribution in [3.63, 3.8) is 0 Å². The van der Waals surface area contributed by atoms with Crippen molar-refractivity contribution in [2.24, 2.45) is 0 Å². The van der Waals surface area contributed by atoms with Crippen LogP contribution in [0.5, 0.6) is 0 Å². The van der Waals surface area contributed by atoms with E-state index >= 15 is 0 Å². The predicted molar refractivity (Wildman–Crippen MR) is 76.8 cm³/mol. The lowest BCUT2D eigenvalue weighted by Gasteiger charge is -2.02. The van der Waals surface area contributed by atoms with Crippen LogP contribution in [0.4, 0.5) is 0 Å². The molecular formula is C12H11N5O3S. The largest absolute Gasteiger partial charge is 0.350 e. The molecular weight excluding hydrogens is 294 g/mol. The van der Waals surface area contributed by atoms with Crippen LogP contribution in [-0.4, -0.2) is 31.8 Å². The smallest absolute Gasteiger partial charge is 0.325 e. The third kappa shape index (κ3) is 2.77. The number of carbonyl (C=O) groups is 1. The number of fused-ring (bicyclic) bond motifs is 1. The Morgan fingerprint density at radius 1 is 1.43 bits per heavy atom. The number of rotatable bonds is 4. The zero-order valence-corrected chi connectivity index (χ0v) is 11.6. The van der Waals surface area contributed by atoms with Crippen molar-refractivity contribution in [3.05, 3.63) is 56.1 Å². The molecule has 3 N–H and O–H groups in total. The molecule has 3 rings (SSSR count). The number of hydrogen-bond donors (Lipinski definition) is 3. The Balaban J connectivity index is 1.62. The fraction of sp³-hybridized carbons (Fsp3) is 0.167. The van der Waals surface area contributed by atoms with Crippen molar-refractivity contribution in [1.29, 1.82) is 0 Å². The maximum atomic E-state index is 11.9. The average molecular weight is 305 g/mol. The van der Waals surface area contributed by atoms with Gasteiger partial charge < -0.3 is 10.3 Å². The topological polar surface area (TPSA) is 112 Å². The quantitative estimate of drug-likeness (QED) is 0.616. The van der Waals surface area contributed by atoms with Gasteiger partial charge in [0.2, 0.25) is 0 Å². The molecule has 0 fully saturated rings. The maximum absolute atomic E-state index is 11.9. The lowest BCUT2D eigenvalue weighted by Crippen LogP contribution is -2.30. The van der Waals surface area contributed by atoms with Crippen molar-refractivity contribution >= 4 is 22.2 Å². The van der Waals surface area contributed by atoms with Gasteiger partial charge in [-0.2, -0.15) is 0 Å². The van der Waals surface area contributed by atoms with E-state index in [1.165, 1.54) is 17.5 Å². The molecule has 1 amide bonds. The molecule has 0 saturated carbocycles. The van der Waals surface area contributed by atoms with E-state index in [1.807, 2.05) is 11.6 Å². The standard InChI is InChI=1S/C12H11N5O3S/c18-9-7(5-14-11(20)16-9)1-2-13-10(19)8-6-17-3-4-21-12(17)15-8/h3-6H,1-2H2,(H,13,19)(H2,14,16,18,20). The number of hydrogen-bond acceptors (Lipinski definition) is 5. The molecule has 0 unspecified atom stereocenters. The molecule has 9 heteroatoms. The summed E-state index contributed by atoms with van der Waals surface area (Å²) in [6.07, 6.45) is 5.14. The molecule has 0 aromatic carbocycles. The Bertz CT molecular complexity index is 875. The fourth-order valence-electron chi connectivity index (χ4n) is 1.86. The summed E-state index contributed by atoms with van der Waals surface area (Å²) in [5.74, 6) is -0.299. The van der Waals surface area contributed by atoms with Crippen LogP contribution in [0.25, 0.3) is 4.96 Å². The highest BCUT2D eigenvalue weighted by Crippen LogP contribution is 2.10. The number of nitrogens with zero attached hydrogens (tertiary/aromatic N) is 2. The first-order valence-corrected chi connectivity index (χ1v) is 7.03. The van der Waals surface area contributed by atoms with E-state index in [2.05, 4.69) is 20.3 Å². The number of H-pyrrole nitrogens is 2. The van der Waals surface area contributed by atoms with Gasteiger partial charge in [0.15, 0.2) is 4.96 Å². The second-order valence-electron chi connectivity index (χ2n) is 4.32. The Kier molecular flexibility index (Phi) is 3.40. The maximum Gasteiger partial charge on any atom is 0.325 e. The molecule has 0 aliphatic rings. The summed E-state index contributed by atoms with van der Waals surface area (Å²) < 4.78 is 1.77. The first-order valence-electron chi connectivity index (χ1n) is 6.15. The highest BCUT2D eigenvalue weighted by molar-refractivity contribution is 7.15. The number of aromatic amines is 2. The summed E-state index contributed by atoms with van der Waals surface area (Å²) in [5, 5.41) is 4.57. The summed E-state index contributed by atoms with van der Waals surface area (Å²) in [6, 6.07) is 0. The van der Waals surface area contributed by atoms with Crippen LogP contribution in [0.3, 0.4) is 0 Å². The number of thiazole rings is 1. The van der Waals surface area contributed by atoms with Crippen LogP contribution in [0.1, 0.15) is 16.1 Å². The highest BCUT2D eigenvalue weighted by Gasteiger charge is 2.11. The van der Waals surface area contributed by atoms with Gasteiger partial charge in [-0.3, -0.25) is 19.0 Å². The SMILES string of the molecule is O=C(NCCc1c[nH]c(=O)[nH]c1=O)c1cn2ccsc2n1. The number of amides is 1. The molecule has 0 aliphatic heterocycles. The van der Waals surface area contributed by atoms with E-state index in [4.69, 9.17) is 0 Å². The van der Waals surface area contributed by atoms with Crippen LogP contribution in [0, 0.1) is 0 Å². The minimum Gasteiger partial charge on any atom is -0.350 e. The number of aromatic nitrogens is 4. The van der Waals surface area contributed by atoms with Gasteiger partial charge in [0.25, 0.3) is 11.5 Å². The molecule has 0 atom stereocenters. The first-order chi connectivity index (χ1) is 10.1. The van der Waals surface area contributed by atoms with E-state index in [0.717, 1.165) is 4.96 Å². The minimum atomic E-state index is -0.550.